The average Bonchev–Trinajstić information content (AvgIpc) is 2.67. The Morgan fingerprint density at radius 2 is 1.86 bits per heavy atom. The summed E-state index contributed by atoms with van der Waals surface area (Å²) in [6, 6.07) is 9.05. The Kier molecular flexibility index (Phi) is 8.46. The topological polar surface area (TPSA) is 74.3 Å². The van der Waals surface area contributed by atoms with E-state index in [2.05, 4.69) is 6.92 Å². The maximum atomic E-state index is 12.7. The average molecular weight is 408 g/mol. The first-order valence-electron chi connectivity index (χ1n) is 10.3. The molecule has 7 nitrogen and oxygen atoms in total. The first kappa shape index (κ1) is 23.2. The van der Waals surface area contributed by atoms with Crippen molar-refractivity contribution in [1.29, 1.82) is 0 Å². The van der Waals surface area contributed by atoms with Gasteiger partial charge in [-0.15, -0.1) is 0 Å². The Morgan fingerprint density at radius 1 is 1.17 bits per heavy atom. The molecule has 0 unspecified atom stereocenters. The Morgan fingerprint density at radius 3 is 2.45 bits per heavy atom. The summed E-state index contributed by atoms with van der Waals surface area (Å²) in [4.78, 5) is 30.8. The van der Waals surface area contributed by atoms with E-state index >= 15 is 0 Å². The third-order valence-corrected chi connectivity index (χ3v) is 4.36. The minimum atomic E-state index is -0.856. The second-order valence-electron chi connectivity index (χ2n) is 8.01. The first-order valence-corrected chi connectivity index (χ1v) is 10.3. The third kappa shape index (κ3) is 7.01. The maximum Gasteiger partial charge on any atom is 0.435 e. The quantitative estimate of drug-likeness (QED) is 0.607. The molecule has 162 valence electrons. The number of hydrogen-bond donors (Lipinski definition) is 0. The maximum absolute atomic E-state index is 12.7. The van der Waals surface area contributed by atoms with Crippen LogP contribution < -0.4 is 0 Å². The molecule has 1 amide bonds. The molecule has 1 aliphatic rings. The lowest BCUT2D eigenvalue weighted by Gasteiger charge is -2.38. The number of nitrogens with zero attached hydrogens (tertiary/aromatic N) is 1. The molecule has 1 saturated heterocycles. The number of benzene rings is 1. The standard InChI is InChI=1S/C22H33NO6/c1-6-11-18(16-12-9-8-10-13-16)27-19-15-14-17(20(24)26-7-2)23(29-19)21(25)28-22(3,4)5/h8-10,12-13,17-19H,6-7,11,14-15H2,1-5H3/t17-,18-,19+/m1/s1. The molecule has 1 fully saturated rings. The zero-order valence-corrected chi connectivity index (χ0v) is 18.1. The van der Waals surface area contributed by atoms with E-state index in [4.69, 9.17) is 19.0 Å². The highest BCUT2D eigenvalue weighted by Gasteiger charge is 2.41. The summed E-state index contributed by atoms with van der Waals surface area (Å²) in [5, 5.41) is 0.978. The summed E-state index contributed by atoms with van der Waals surface area (Å²) in [5.74, 6) is -0.509. The van der Waals surface area contributed by atoms with Crippen molar-refractivity contribution in [2.75, 3.05) is 6.61 Å². The minimum absolute atomic E-state index is 0.161. The second kappa shape index (κ2) is 10.6. The molecule has 0 saturated carbocycles. The molecular weight excluding hydrogens is 374 g/mol. The highest BCUT2D eigenvalue weighted by Crippen LogP contribution is 2.30. The van der Waals surface area contributed by atoms with Crippen molar-refractivity contribution in [1.82, 2.24) is 5.06 Å². The van der Waals surface area contributed by atoms with Gasteiger partial charge in [0.1, 0.15) is 5.60 Å². The second-order valence-corrected chi connectivity index (χ2v) is 8.01. The van der Waals surface area contributed by atoms with E-state index in [9.17, 15) is 9.59 Å². The lowest BCUT2D eigenvalue weighted by Crippen LogP contribution is -2.53. The fourth-order valence-corrected chi connectivity index (χ4v) is 3.11. The zero-order valence-electron chi connectivity index (χ0n) is 18.1. The van der Waals surface area contributed by atoms with Gasteiger partial charge in [-0.1, -0.05) is 43.7 Å². The number of carbonyl (C=O) groups excluding carboxylic acids is 2. The van der Waals surface area contributed by atoms with Crippen LogP contribution in [-0.2, 0) is 23.8 Å². The number of hydrogen-bond acceptors (Lipinski definition) is 6. The van der Waals surface area contributed by atoms with Crippen molar-refractivity contribution >= 4 is 12.1 Å². The van der Waals surface area contributed by atoms with Gasteiger partial charge >= 0.3 is 12.1 Å². The van der Waals surface area contributed by atoms with E-state index in [1.54, 1.807) is 27.7 Å². The highest BCUT2D eigenvalue weighted by atomic mass is 16.8. The van der Waals surface area contributed by atoms with E-state index in [0.29, 0.717) is 12.8 Å². The van der Waals surface area contributed by atoms with Crippen molar-refractivity contribution < 1.29 is 28.6 Å². The van der Waals surface area contributed by atoms with Crippen LogP contribution in [0.25, 0.3) is 0 Å². The van der Waals surface area contributed by atoms with Crippen LogP contribution in [0.5, 0.6) is 0 Å². The van der Waals surface area contributed by atoms with Crippen molar-refractivity contribution in [3.63, 3.8) is 0 Å². The van der Waals surface area contributed by atoms with Gasteiger partial charge in [0.15, 0.2) is 12.3 Å². The summed E-state index contributed by atoms with van der Waals surface area (Å²) < 4.78 is 16.7. The Balaban J connectivity index is 2.14. The zero-order chi connectivity index (χ0) is 21.4. The Hall–Kier alpha value is -2.12. The van der Waals surface area contributed by atoms with Crippen molar-refractivity contribution in [2.24, 2.45) is 0 Å². The van der Waals surface area contributed by atoms with Crippen LogP contribution in [0.15, 0.2) is 30.3 Å². The summed E-state index contributed by atoms with van der Waals surface area (Å²) in [5.41, 5.74) is 0.330. The van der Waals surface area contributed by atoms with E-state index in [-0.39, 0.29) is 12.7 Å². The molecule has 1 aromatic carbocycles. The third-order valence-electron chi connectivity index (χ3n) is 4.36. The number of rotatable bonds is 7. The smallest absolute Gasteiger partial charge is 0.435 e. The van der Waals surface area contributed by atoms with E-state index in [1.807, 2.05) is 30.3 Å². The summed E-state index contributed by atoms with van der Waals surface area (Å²) >= 11 is 0. The number of hydroxylamine groups is 2. The van der Waals surface area contributed by atoms with E-state index < -0.39 is 30.0 Å². The molecule has 0 radical (unpaired) electrons. The molecule has 1 aromatic rings. The largest absolute Gasteiger partial charge is 0.464 e. The van der Waals surface area contributed by atoms with Gasteiger partial charge in [-0.3, -0.25) is 0 Å². The molecule has 0 bridgehead atoms. The predicted molar refractivity (Wildman–Crippen MR) is 108 cm³/mol. The SMILES string of the molecule is CCC[C@@H](O[C@@H]1CC[C@H](C(=O)OCC)N(C(=O)OC(C)(C)C)O1)c1ccccc1. The molecule has 7 heteroatoms. The van der Waals surface area contributed by atoms with Crippen LogP contribution >= 0.6 is 0 Å². The summed E-state index contributed by atoms with van der Waals surface area (Å²) in [6.45, 7) is 9.31. The van der Waals surface area contributed by atoms with Crippen LogP contribution in [0.3, 0.4) is 0 Å². The van der Waals surface area contributed by atoms with Gasteiger partial charge < -0.3 is 14.2 Å². The van der Waals surface area contributed by atoms with Crippen LogP contribution in [0.1, 0.15) is 72.0 Å². The van der Waals surface area contributed by atoms with Crippen molar-refractivity contribution in [3.05, 3.63) is 35.9 Å². The summed E-state index contributed by atoms with van der Waals surface area (Å²) in [7, 11) is 0. The fraction of sp³-hybridized carbons (Fsp3) is 0.636. The summed E-state index contributed by atoms with van der Waals surface area (Å²) in [6.07, 6.45) is 1.04. The van der Waals surface area contributed by atoms with Gasteiger partial charge in [-0.25, -0.2) is 14.4 Å². The van der Waals surface area contributed by atoms with Gasteiger partial charge in [0, 0.05) is 6.42 Å². The first-order chi connectivity index (χ1) is 13.7. The number of carbonyl (C=O) groups is 2. The van der Waals surface area contributed by atoms with Gasteiger partial charge in [0.2, 0.25) is 0 Å². The molecule has 2 rings (SSSR count). The van der Waals surface area contributed by atoms with Crippen LogP contribution in [0, 0.1) is 0 Å². The Labute approximate surface area is 173 Å². The van der Waals surface area contributed by atoms with Crippen LogP contribution in [0.2, 0.25) is 0 Å². The molecule has 0 spiro atoms. The van der Waals surface area contributed by atoms with Gasteiger partial charge in [0.05, 0.1) is 12.7 Å². The van der Waals surface area contributed by atoms with Crippen LogP contribution in [-0.4, -0.2) is 41.7 Å². The van der Waals surface area contributed by atoms with Gasteiger partial charge in [-0.2, -0.15) is 5.06 Å². The monoisotopic (exact) mass is 407 g/mol. The van der Waals surface area contributed by atoms with Crippen molar-refractivity contribution in [2.45, 2.75) is 84.3 Å². The number of esters is 1. The molecule has 1 heterocycles. The molecule has 0 aliphatic carbocycles. The Bertz CT molecular complexity index is 657. The van der Waals surface area contributed by atoms with Gasteiger partial charge in [-0.05, 0) is 46.1 Å². The van der Waals surface area contributed by atoms with Crippen LogP contribution in [0.4, 0.5) is 4.79 Å². The van der Waals surface area contributed by atoms with Crippen molar-refractivity contribution in [3.8, 4) is 0 Å². The molecule has 0 N–H and O–H groups in total. The number of amides is 1. The minimum Gasteiger partial charge on any atom is -0.464 e. The molecule has 29 heavy (non-hydrogen) atoms. The molecule has 1 aliphatic heterocycles. The normalized spacial score (nSPS) is 20.8. The van der Waals surface area contributed by atoms with E-state index in [0.717, 1.165) is 23.5 Å². The van der Waals surface area contributed by atoms with Gasteiger partial charge in [0.25, 0.3) is 0 Å². The lowest BCUT2D eigenvalue weighted by atomic mass is 10.0. The number of ether oxygens (including phenoxy) is 3. The molecular formula is C22H33NO6. The fourth-order valence-electron chi connectivity index (χ4n) is 3.11. The lowest BCUT2D eigenvalue weighted by molar-refractivity contribution is -0.312. The predicted octanol–water partition coefficient (Wildman–Crippen LogP) is 4.76. The highest BCUT2D eigenvalue weighted by molar-refractivity contribution is 5.81. The molecule has 3 atom stereocenters. The molecule has 0 aromatic heterocycles. The van der Waals surface area contributed by atoms with E-state index in [1.165, 1.54) is 0 Å².